The van der Waals surface area contributed by atoms with Gasteiger partial charge in [0.1, 0.15) is 0 Å². The van der Waals surface area contributed by atoms with Gasteiger partial charge in [0.15, 0.2) is 0 Å². The van der Waals surface area contributed by atoms with Gasteiger partial charge in [0, 0.05) is 25.7 Å². The predicted molar refractivity (Wildman–Crippen MR) is 96.3 cm³/mol. The van der Waals surface area contributed by atoms with Crippen LogP contribution in [0.4, 0.5) is 5.69 Å². The van der Waals surface area contributed by atoms with Crippen molar-refractivity contribution in [1.29, 1.82) is 0 Å². The number of carbonyl (C=O) groups excluding carboxylic acids is 1. The van der Waals surface area contributed by atoms with Crippen LogP contribution in [0.2, 0.25) is 0 Å². The average Bonchev–Trinajstić information content (AvgIpc) is 2.76. The molecule has 3 aromatic rings. The molecule has 0 spiro atoms. The fourth-order valence-corrected chi connectivity index (χ4v) is 3.06. The van der Waals surface area contributed by atoms with E-state index in [0.717, 1.165) is 27.8 Å². The lowest BCUT2D eigenvalue weighted by Gasteiger charge is -2.08. The average molecular weight is 323 g/mol. The van der Waals surface area contributed by atoms with Gasteiger partial charge in [-0.05, 0) is 49.2 Å². The van der Waals surface area contributed by atoms with Crippen LogP contribution in [0, 0.1) is 13.8 Å². The molecule has 1 aromatic heterocycles. The van der Waals surface area contributed by atoms with Crippen LogP contribution in [0.1, 0.15) is 17.5 Å². The van der Waals surface area contributed by atoms with Crippen molar-refractivity contribution in [2.45, 2.75) is 26.8 Å². The number of nitrogens with one attached hydrogen (secondary N) is 1. The number of aryl methyl sites for hydroxylation is 4. The maximum Gasteiger partial charge on any atom is 0.328 e. The molecule has 0 aliphatic carbocycles. The van der Waals surface area contributed by atoms with Crippen LogP contribution in [-0.4, -0.2) is 15.0 Å². The molecule has 5 heteroatoms. The SMILES string of the molecule is Cc1cc(C)cc(NC(=O)CCn2c(=O)n(C)c3ccccc32)c1. The summed E-state index contributed by atoms with van der Waals surface area (Å²) in [5.74, 6) is -0.0974. The molecular formula is C19H21N3O2. The van der Waals surface area contributed by atoms with Crippen LogP contribution in [0.25, 0.3) is 11.0 Å². The smallest absolute Gasteiger partial charge is 0.326 e. The largest absolute Gasteiger partial charge is 0.328 e. The van der Waals surface area contributed by atoms with Gasteiger partial charge in [-0.2, -0.15) is 0 Å². The normalized spacial score (nSPS) is 11.0. The number of anilines is 1. The summed E-state index contributed by atoms with van der Waals surface area (Å²) in [4.78, 5) is 24.6. The zero-order valence-electron chi connectivity index (χ0n) is 14.2. The molecular weight excluding hydrogens is 302 g/mol. The Morgan fingerprint density at radius 2 is 1.67 bits per heavy atom. The number of amides is 1. The van der Waals surface area contributed by atoms with Crippen LogP contribution < -0.4 is 11.0 Å². The number of imidazole rings is 1. The Morgan fingerprint density at radius 1 is 1.04 bits per heavy atom. The fraction of sp³-hybridized carbons (Fsp3) is 0.263. The number of carbonyl (C=O) groups is 1. The van der Waals surface area contributed by atoms with E-state index in [4.69, 9.17) is 0 Å². The molecule has 124 valence electrons. The Hall–Kier alpha value is -2.82. The summed E-state index contributed by atoms with van der Waals surface area (Å²) in [5.41, 5.74) is 4.63. The van der Waals surface area contributed by atoms with Crippen LogP contribution in [0.15, 0.2) is 47.3 Å². The Balaban J connectivity index is 1.75. The van der Waals surface area contributed by atoms with Gasteiger partial charge >= 0.3 is 5.69 Å². The van der Waals surface area contributed by atoms with E-state index in [-0.39, 0.29) is 18.0 Å². The number of hydrogen-bond acceptors (Lipinski definition) is 2. The maximum atomic E-state index is 12.3. The predicted octanol–water partition coefficient (Wildman–Crippen LogP) is 2.99. The number of fused-ring (bicyclic) bond motifs is 1. The summed E-state index contributed by atoms with van der Waals surface area (Å²) in [5, 5.41) is 2.91. The minimum Gasteiger partial charge on any atom is -0.326 e. The molecule has 0 saturated heterocycles. The molecule has 0 unspecified atom stereocenters. The molecule has 3 rings (SSSR count). The zero-order chi connectivity index (χ0) is 17.3. The molecule has 1 amide bonds. The molecule has 0 radical (unpaired) electrons. The highest BCUT2D eigenvalue weighted by molar-refractivity contribution is 5.91. The van der Waals surface area contributed by atoms with Crippen LogP contribution in [0.5, 0.6) is 0 Å². The van der Waals surface area contributed by atoms with Crippen molar-refractivity contribution in [2.24, 2.45) is 7.05 Å². The Kier molecular flexibility index (Phi) is 4.25. The van der Waals surface area contributed by atoms with Crippen LogP contribution in [-0.2, 0) is 18.4 Å². The van der Waals surface area contributed by atoms with Gasteiger partial charge < -0.3 is 5.32 Å². The minimum absolute atomic E-state index is 0.0974. The lowest BCUT2D eigenvalue weighted by Crippen LogP contribution is -2.24. The minimum atomic E-state index is -0.101. The number of nitrogens with zero attached hydrogens (tertiary/aromatic N) is 2. The van der Waals surface area contributed by atoms with Crippen molar-refractivity contribution >= 4 is 22.6 Å². The lowest BCUT2D eigenvalue weighted by molar-refractivity contribution is -0.116. The standard InChI is InChI=1S/C19H21N3O2/c1-13-10-14(2)12-15(11-13)20-18(23)8-9-22-17-7-5-4-6-16(17)21(3)19(22)24/h4-7,10-12H,8-9H2,1-3H3,(H,20,23). The van der Waals surface area contributed by atoms with Gasteiger partial charge in [-0.25, -0.2) is 4.79 Å². The molecule has 0 bridgehead atoms. The van der Waals surface area contributed by atoms with E-state index >= 15 is 0 Å². The van der Waals surface area contributed by atoms with Gasteiger partial charge in [0.05, 0.1) is 11.0 Å². The van der Waals surface area contributed by atoms with Crippen LogP contribution in [0.3, 0.4) is 0 Å². The van der Waals surface area contributed by atoms with Crippen molar-refractivity contribution in [1.82, 2.24) is 9.13 Å². The summed E-state index contributed by atoms with van der Waals surface area (Å²) >= 11 is 0. The topological polar surface area (TPSA) is 56.0 Å². The van der Waals surface area contributed by atoms with Gasteiger partial charge in [0.2, 0.25) is 5.91 Å². The third-order valence-corrected chi connectivity index (χ3v) is 4.12. The molecule has 24 heavy (non-hydrogen) atoms. The third kappa shape index (κ3) is 3.11. The number of aromatic nitrogens is 2. The molecule has 0 aliphatic heterocycles. The first-order chi connectivity index (χ1) is 11.5. The summed E-state index contributed by atoms with van der Waals surface area (Å²) < 4.78 is 3.26. The monoisotopic (exact) mass is 323 g/mol. The van der Waals surface area contributed by atoms with E-state index < -0.39 is 0 Å². The molecule has 2 aromatic carbocycles. The fourth-order valence-electron chi connectivity index (χ4n) is 3.06. The van der Waals surface area contributed by atoms with E-state index in [9.17, 15) is 9.59 Å². The lowest BCUT2D eigenvalue weighted by atomic mass is 10.1. The number of rotatable bonds is 4. The van der Waals surface area contributed by atoms with Crippen LogP contribution >= 0.6 is 0 Å². The summed E-state index contributed by atoms with van der Waals surface area (Å²) in [6.07, 6.45) is 0.251. The second kappa shape index (κ2) is 6.35. The first-order valence-corrected chi connectivity index (χ1v) is 7.98. The molecule has 0 aliphatic rings. The molecule has 1 N–H and O–H groups in total. The van der Waals surface area contributed by atoms with Gasteiger partial charge in [0.25, 0.3) is 0 Å². The summed E-state index contributed by atoms with van der Waals surface area (Å²) in [6, 6.07) is 13.5. The quantitative estimate of drug-likeness (QED) is 0.802. The van der Waals surface area contributed by atoms with E-state index in [0.29, 0.717) is 6.54 Å². The van der Waals surface area contributed by atoms with E-state index in [2.05, 4.69) is 11.4 Å². The molecule has 0 saturated carbocycles. The molecule has 0 fully saturated rings. The number of benzene rings is 2. The van der Waals surface area contributed by atoms with E-state index in [1.54, 1.807) is 16.2 Å². The molecule has 5 nitrogen and oxygen atoms in total. The highest BCUT2D eigenvalue weighted by atomic mass is 16.2. The third-order valence-electron chi connectivity index (χ3n) is 4.12. The second-order valence-corrected chi connectivity index (χ2v) is 6.16. The Bertz CT molecular complexity index is 946. The highest BCUT2D eigenvalue weighted by Crippen LogP contribution is 2.15. The van der Waals surface area contributed by atoms with Crippen molar-refractivity contribution in [2.75, 3.05) is 5.32 Å². The van der Waals surface area contributed by atoms with E-state index in [1.165, 1.54) is 0 Å². The first kappa shape index (κ1) is 16.1. The molecule has 1 heterocycles. The van der Waals surface area contributed by atoms with E-state index in [1.807, 2.05) is 50.2 Å². The first-order valence-electron chi connectivity index (χ1n) is 7.98. The Labute approximate surface area is 140 Å². The zero-order valence-corrected chi connectivity index (χ0v) is 14.2. The van der Waals surface area contributed by atoms with Gasteiger partial charge in [-0.1, -0.05) is 18.2 Å². The summed E-state index contributed by atoms with van der Waals surface area (Å²) in [7, 11) is 1.75. The number of hydrogen-bond donors (Lipinski definition) is 1. The van der Waals surface area contributed by atoms with Gasteiger partial charge in [-0.15, -0.1) is 0 Å². The van der Waals surface area contributed by atoms with Crippen molar-refractivity contribution in [3.05, 3.63) is 64.1 Å². The second-order valence-electron chi connectivity index (χ2n) is 6.16. The Morgan fingerprint density at radius 3 is 2.33 bits per heavy atom. The van der Waals surface area contributed by atoms with Crippen molar-refractivity contribution in [3.8, 4) is 0 Å². The maximum absolute atomic E-state index is 12.3. The molecule has 0 atom stereocenters. The number of para-hydroxylation sites is 2. The van der Waals surface area contributed by atoms with Gasteiger partial charge in [-0.3, -0.25) is 13.9 Å². The summed E-state index contributed by atoms with van der Waals surface area (Å²) in [6.45, 7) is 4.35. The van der Waals surface area contributed by atoms with Crippen molar-refractivity contribution < 1.29 is 4.79 Å². The van der Waals surface area contributed by atoms with Crippen molar-refractivity contribution in [3.63, 3.8) is 0 Å². The highest BCUT2D eigenvalue weighted by Gasteiger charge is 2.11.